The molecule has 0 fully saturated rings. The predicted molar refractivity (Wildman–Crippen MR) is 109 cm³/mol. The lowest BCUT2D eigenvalue weighted by Gasteiger charge is -2.26. The van der Waals surface area contributed by atoms with Crippen LogP contribution in [0.25, 0.3) is 10.9 Å². The number of fused-ring (bicyclic) bond motifs is 1. The molecule has 162 valence electrons. The number of primary amides is 1. The minimum Gasteiger partial charge on any atom is -0.370 e. The van der Waals surface area contributed by atoms with Crippen molar-refractivity contribution in [2.24, 2.45) is 11.7 Å². The van der Waals surface area contributed by atoms with Gasteiger partial charge in [-0.05, 0) is 24.5 Å². The number of hydrazine groups is 1. The van der Waals surface area contributed by atoms with E-state index in [1.54, 1.807) is 6.07 Å². The smallest absolute Gasteiger partial charge is 0.272 e. The van der Waals surface area contributed by atoms with Gasteiger partial charge >= 0.3 is 0 Å². The second-order valence-electron chi connectivity index (χ2n) is 7.30. The number of carbonyl (C=O) groups is 4. The normalized spacial score (nSPS) is 11.9. The van der Waals surface area contributed by atoms with E-state index in [1.807, 2.05) is 38.1 Å². The van der Waals surface area contributed by atoms with E-state index >= 15 is 0 Å². The largest absolute Gasteiger partial charge is 0.370 e. The van der Waals surface area contributed by atoms with Gasteiger partial charge in [-0.3, -0.25) is 29.6 Å². The molecule has 1 aromatic carbocycles. The molecule has 1 aromatic heterocycles. The van der Waals surface area contributed by atoms with Crippen LogP contribution in [0.1, 0.15) is 37.2 Å². The van der Waals surface area contributed by atoms with E-state index in [-0.39, 0.29) is 31.0 Å². The highest BCUT2D eigenvalue weighted by Gasteiger charge is 2.26. The van der Waals surface area contributed by atoms with E-state index in [9.17, 15) is 23.6 Å². The van der Waals surface area contributed by atoms with Gasteiger partial charge in [0.15, 0.2) is 6.67 Å². The topological polar surface area (TPSA) is 137 Å². The third kappa shape index (κ3) is 6.29. The quantitative estimate of drug-likeness (QED) is 0.451. The van der Waals surface area contributed by atoms with Crippen LogP contribution in [-0.4, -0.2) is 52.9 Å². The molecule has 2 rings (SSSR count). The number of aromatic nitrogens is 1. The van der Waals surface area contributed by atoms with Crippen LogP contribution in [0, 0.1) is 5.92 Å². The molecule has 0 saturated carbocycles. The van der Waals surface area contributed by atoms with Gasteiger partial charge in [0.1, 0.15) is 11.7 Å². The number of rotatable bonds is 9. The maximum absolute atomic E-state index is 12.8. The maximum Gasteiger partial charge on any atom is 0.272 e. The summed E-state index contributed by atoms with van der Waals surface area (Å²) in [6.45, 7) is 2.11. The van der Waals surface area contributed by atoms with Crippen molar-refractivity contribution >= 4 is 34.5 Å². The Kier molecular flexibility index (Phi) is 7.90. The van der Waals surface area contributed by atoms with Crippen molar-refractivity contribution in [3.63, 3.8) is 0 Å². The molecule has 2 aromatic rings. The third-order valence-electron chi connectivity index (χ3n) is 4.35. The van der Waals surface area contributed by atoms with Crippen LogP contribution in [0.5, 0.6) is 0 Å². The Balaban J connectivity index is 2.13. The van der Waals surface area contributed by atoms with Gasteiger partial charge in [0.05, 0.1) is 6.54 Å². The van der Waals surface area contributed by atoms with E-state index < -0.39 is 36.3 Å². The minimum atomic E-state index is -1.35. The molecule has 0 aliphatic heterocycles. The van der Waals surface area contributed by atoms with E-state index in [2.05, 4.69) is 15.7 Å². The molecule has 10 heteroatoms. The standard InChI is InChI=1S/C20H26FN5O4/c1-12(2)9-15(20(30)25-26(18(28)11-21)8-7-17(22)27)24-19(29)16-10-13-5-3-4-6-14(13)23-16/h3-6,10,12,15,23H,7-9,11H2,1-2H3,(H2,22,27)(H,24,29)(H,25,30)/t15-/m1/s1. The summed E-state index contributed by atoms with van der Waals surface area (Å²) in [6.07, 6.45) is 0.0353. The van der Waals surface area contributed by atoms with Gasteiger partial charge in [-0.1, -0.05) is 32.0 Å². The van der Waals surface area contributed by atoms with Crippen LogP contribution in [-0.2, 0) is 14.4 Å². The zero-order valence-corrected chi connectivity index (χ0v) is 16.9. The number of aromatic amines is 1. The highest BCUT2D eigenvalue weighted by atomic mass is 19.1. The molecule has 0 saturated heterocycles. The van der Waals surface area contributed by atoms with Gasteiger partial charge in [-0.2, -0.15) is 0 Å². The van der Waals surface area contributed by atoms with Crippen LogP contribution in [0.15, 0.2) is 30.3 Å². The second-order valence-corrected chi connectivity index (χ2v) is 7.30. The van der Waals surface area contributed by atoms with E-state index in [0.29, 0.717) is 5.01 Å². The number of alkyl halides is 1. The number of benzene rings is 1. The van der Waals surface area contributed by atoms with Crippen molar-refractivity contribution in [3.05, 3.63) is 36.0 Å². The molecule has 0 unspecified atom stereocenters. The Morgan fingerprint density at radius 3 is 2.50 bits per heavy atom. The number of hydrogen-bond acceptors (Lipinski definition) is 4. The van der Waals surface area contributed by atoms with Crippen LogP contribution in [0.3, 0.4) is 0 Å². The highest BCUT2D eigenvalue weighted by Crippen LogP contribution is 2.15. The maximum atomic E-state index is 12.8. The summed E-state index contributed by atoms with van der Waals surface area (Å²) in [4.78, 5) is 51.1. The Morgan fingerprint density at radius 2 is 1.90 bits per heavy atom. The van der Waals surface area contributed by atoms with Gasteiger partial charge in [-0.25, -0.2) is 4.39 Å². The number of amides is 4. The van der Waals surface area contributed by atoms with Crippen molar-refractivity contribution in [1.29, 1.82) is 0 Å². The highest BCUT2D eigenvalue weighted by molar-refractivity contribution is 6.00. The SMILES string of the molecule is CC(C)C[C@@H](NC(=O)c1cc2ccccc2[nH]1)C(=O)NN(CCC(N)=O)C(=O)CF. The van der Waals surface area contributed by atoms with Gasteiger partial charge in [0.2, 0.25) is 5.91 Å². The average Bonchev–Trinajstić information content (AvgIpc) is 3.13. The van der Waals surface area contributed by atoms with Crippen molar-refractivity contribution in [3.8, 4) is 0 Å². The summed E-state index contributed by atoms with van der Waals surface area (Å²) in [5, 5.41) is 4.20. The first-order valence-corrected chi connectivity index (χ1v) is 9.55. The Hall–Kier alpha value is -3.43. The summed E-state index contributed by atoms with van der Waals surface area (Å²) in [5.74, 6) is -2.87. The number of nitrogens with zero attached hydrogens (tertiary/aromatic N) is 1. The summed E-state index contributed by atoms with van der Waals surface area (Å²) < 4.78 is 12.8. The van der Waals surface area contributed by atoms with Gasteiger partial charge in [-0.15, -0.1) is 0 Å². The first-order chi connectivity index (χ1) is 14.2. The van der Waals surface area contributed by atoms with Crippen LogP contribution in [0.2, 0.25) is 0 Å². The number of carbonyl (C=O) groups excluding carboxylic acids is 4. The molecule has 30 heavy (non-hydrogen) atoms. The van der Waals surface area contributed by atoms with Crippen molar-refractivity contribution in [2.75, 3.05) is 13.2 Å². The van der Waals surface area contributed by atoms with Crippen molar-refractivity contribution in [1.82, 2.24) is 20.7 Å². The number of halogens is 1. The third-order valence-corrected chi connectivity index (χ3v) is 4.35. The Morgan fingerprint density at radius 1 is 1.20 bits per heavy atom. The zero-order valence-electron chi connectivity index (χ0n) is 16.9. The van der Waals surface area contributed by atoms with E-state index in [0.717, 1.165) is 10.9 Å². The molecule has 1 heterocycles. The number of para-hydroxylation sites is 1. The molecule has 5 N–H and O–H groups in total. The molecule has 4 amide bonds. The molecule has 9 nitrogen and oxygen atoms in total. The molecule has 0 radical (unpaired) electrons. The van der Waals surface area contributed by atoms with Gasteiger partial charge in [0, 0.05) is 17.3 Å². The average molecular weight is 419 g/mol. The molecule has 0 aliphatic rings. The molecule has 0 aliphatic carbocycles. The first-order valence-electron chi connectivity index (χ1n) is 9.55. The lowest BCUT2D eigenvalue weighted by molar-refractivity contribution is -0.143. The molecular formula is C20H26FN5O4. The summed E-state index contributed by atoms with van der Waals surface area (Å²) >= 11 is 0. The van der Waals surface area contributed by atoms with Crippen molar-refractivity contribution < 1.29 is 23.6 Å². The lowest BCUT2D eigenvalue weighted by Crippen LogP contribution is -2.55. The van der Waals surface area contributed by atoms with E-state index in [4.69, 9.17) is 5.73 Å². The minimum absolute atomic E-state index is 0.0414. The molecule has 1 atom stereocenters. The van der Waals surface area contributed by atoms with E-state index in [1.165, 1.54) is 0 Å². The summed E-state index contributed by atoms with van der Waals surface area (Å²) in [7, 11) is 0. The van der Waals surface area contributed by atoms with Crippen LogP contribution >= 0.6 is 0 Å². The zero-order chi connectivity index (χ0) is 22.3. The Bertz CT molecular complexity index is 894. The van der Waals surface area contributed by atoms with Gasteiger partial charge < -0.3 is 16.0 Å². The lowest BCUT2D eigenvalue weighted by atomic mass is 10.0. The molecule has 0 bridgehead atoms. The molecular weight excluding hydrogens is 393 g/mol. The Labute approximate surface area is 173 Å². The number of H-pyrrole nitrogens is 1. The number of hydrogen-bond donors (Lipinski definition) is 4. The monoisotopic (exact) mass is 419 g/mol. The number of nitrogens with one attached hydrogen (secondary N) is 3. The van der Waals surface area contributed by atoms with Crippen LogP contribution < -0.4 is 16.5 Å². The predicted octanol–water partition coefficient (Wildman–Crippen LogP) is 1.02. The number of nitrogens with two attached hydrogens (primary N) is 1. The second kappa shape index (κ2) is 10.4. The first kappa shape index (κ1) is 22.9. The van der Waals surface area contributed by atoms with Gasteiger partial charge in [0.25, 0.3) is 17.7 Å². The fourth-order valence-corrected chi connectivity index (χ4v) is 2.88. The summed E-state index contributed by atoms with van der Waals surface area (Å²) in [5.41, 5.74) is 8.40. The fraction of sp³-hybridized carbons (Fsp3) is 0.400. The molecule has 0 spiro atoms. The van der Waals surface area contributed by atoms with Crippen molar-refractivity contribution in [2.45, 2.75) is 32.7 Å². The van der Waals surface area contributed by atoms with Crippen LogP contribution in [0.4, 0.5) is 4.39 Å². The summed E-state index contributed by atoms with van der Waals surface area (Å²) in [6, 6.07) is 8.03. The fourth-order valence-electron chi connectivity index (χ4n) is 2.88.